The van der Waals surface area contributed by atoms with Crippen molar-refractivity contribution in [2.75, 3.05) is 11.9 Å². The lowest BCUT2D eigenvalue weighted by Gasteiger charge is -2.35. The molecule has 0 aromatic heterocycles. The van der Waals surface area contributed by atoms with Crippen LogP contribution in [0.1, 0.15) is 30.1 Å². The van der Waals surface area contributed by atoms with Gasteiger partial charge in [0.2, 0.25) is 0 Å². The van der Waals surface area contributed by atoms with E-state index in [-0.39, 0.29) is 23.4 Å². The highest BCUT2D eigenvalue weighted by atomic mass is 79.9. The first-order valence-electron chi connectivity index (χ1n) is 6.71. The average molecular weight is 357 g/mol. The molecule has 0 unspecified atom stereocenters. The molecule has 6 nitrogen and oxygen atoms in total. The number of anilines is 1. The molecule has 1 fully saturated rings. The van der Waals surface area contributed by atoms with Crippen molar-refractivity contribution in [3.8, 4) is 0 Å². The molecular formula is C14H17BrN2O4. The molecule has 0 spiro atoms. The van der Waals surface area contributed by atoms with Crippen molar-refractivity contribution < 1.29 is 19.4 Å². The third kappa shape index (κ3) is 4.18. The summed E-state index contributed by atoms with van der Waals surface area (Å²) in [5.74, 6) is -1.09. The number of ether oxygens (including phenoxy) is 1. The molecule has 1 aromatic carbocycles. The van der Waals surface area contributed by atoms with Crippen LogP contribution in [-0.4, -0.2) is 35.9 Å². The monoisotopic (exact) mass is 356 g/mol. The summed E-state index contributed by atoms with van der Waals surface area (Å²) in [4.78, 5) is 23.0. The van der Waals surface area contributed by atoms with E-state index in [2.05, 4.69) is 26.6 Å². The molecule has 1 aliphatic rings. The number of carboxylic acids is 1. The highest BCUT2D eigenvalue weighted by Crippen LogP contribution is 2.24. The third-order valence-electron chi connectivity index (χ3n) is 3.29. The Kier molecular flexibility index (Phi) is 5.19. The largest absolute Gasteiger partial charge is 0.478 e. The van der Waals surface area contributed by atoms with Gasteiger partial charge in [0.05, 0.1) is 17.4 Å². The van der Waals surface area contributed by atoms with Gasteiger partial charge in [0, 0.05) is 17.1 Å². The summed E-state index contributed by atoms with van der Waals surface area (Å²) in [5.41, 5.74) is 0.309. The van der Waals surface area contributed by atoms with Crippen LogP contribution >= 0.6 is 15.9 Å². The summed E-state index contributed by atoms with van der Waals surface area (Å²) < 4.78 is 6.06. The number of carboxylic acid groups (broad SMARTS) is 1. The molecule has 2 amide bonds. The van der Waals surface area contributed by atoms with E-state index in [1.165, 1.54) is 6.07 Å². The molecule has 0 atom stereocenters. The van der Waals surface area contributed by atoms with Crippen molar-refractivity contribution in [1.82, 2.24) is 5.32 Å². The first kappa shape index (κ1) is 15.8. The molecule has 0 heterocycles. The molecule has 0 aliphatic heterocycles. The van der Waals surface area contributed by atoms with Crippen molar-refractivity contribution in [3.63, 3.8) is 0 Å². The molecule has 114 valence electrons. The number of benzene rings is 1. The number of amides is 2. The summed E-state index contributed by atoms with van der Waals surface area (Å²) >= 11 is 3.21. The van der Waals surface area contributed by atoms with Gasteiger partial charge in [0.25, 0.3) is 0 Å². The fourth-order valence-corrected chi connectivity index (χ4v) is 2.56. The molecule has 1 aliphatic carbocycles. The molecule has 21 heavy (non-hydrogen) atoms. The Morgan fingerprint density at radius 1 is 1.43 bits per heavy atom. The van der Waals surface area contributed by atoms with Gasteiger partial charge in [0.15, 0.2) is 0 Å². The lowest BCUT2D eigenvalue weighted by Crippen LogP contribution is -2.49. The van der Waals surface area contributed by atoms with E-state index >= 15 is 0 Å². The number of aromatic carboxylic acids is 1. The second-order valence-corrected chi connectivity index (χ2v) is 5.75. The summed E-state index contributed by atoms with van der Waals surface area (Å²) in [6, 6.07) is 4.35. The molecular weight excluding hydrogens is 340 g/mol. The first-order valence-corrected chi connectivity index (χ1v) is 7.51. The van der Waals surface area contributed by atoms with Gasteiger partial charge >= 0.3 is 12.0 Å². The maximum atomic E-state index is 11.9. The van der Waals surface area contributed by atoms with Crippen molar-refractivity contribution in [3.05, 3.63) is 28.2 Å². The minimum absolute atomic E-state index is 0.0420. The topological polar surface area (TPSA) is 87.7 Å². The van der Waals surface area contributed by atoms with Crippen LogP contribution in [0, 0.1) is 0 Å². The van der Waals surface area contributed by atoms with Gasteiger partial charge in [-0.1, -0.05) is 15.9 Å². The molecule has 0 bridgehead atoms. The maximum absolute atomic E-state index is 11.9. The molecule has 1 aromatic rings. The normalized spacial score (nSPS) is 20.5. The van der Waals surface area contributed by atoms with Gasteiger partial charge in [-0.2, -0.15) is 0 Å². The molecule has 1 saturated carbocycles. The lowest BCUT2D eigenvalue weighted by molar-refractivity contribution is -0.00673. The van der Waals surface area contributed by atoms with Gasteiger partial charge in [0.1, 0.15) is 0 Å². The number of hydrogen-bond donors (Lipinski definition) is 3. The van der Waals surface area contributed by atoms with E-state index in [1.54, 1.807) is 12.1 Å². The van der Waals surface area contributed by atoms with Crippen LogP contribution in [0.4, 0.5) is 10.5 Å². The summed E-state index contributed by atoms with van der Waals surface area (Å²) in [5, 5.41) is 14.5. The number of hydrogen-bond acceptors (Lipinski definition) is 3. The number of rotatable bonds is 5. The number of carbonyl (C=O) groups is 2. The number of nitrogens with one attached hydrogen (secondary N) is 2. The number of urea groups is 1. The molecule has 3 N–H and O–H groups in total. The van der Waals surface area contributed by atoms with Crippen LogP contribution in [0.25, 0.3) is 0 Å². The summed E-state index contributed by atoms with van der Waals surface area (Å²) in [6.45, 7) is 2.61. The van der Waals surface area contributed by atoms with Crippen LogP contribution in [0.2, 0.25) is 0 Å². The predicted molar refractivity (Wildman–Crippen MR) is 81.7 cm³/mol. The second kappa shape index (κ2) is 6.91. The van der Waals surface area contributed by atoms with Crippen molar-refractivity contribution in [2.24, 2.45) is 0 Å². The molecule has 7 heteroatoms. The standard InChI is InChI=1S/C14H17BrN2O4/c1-2-21-10-6-9(7-10)16-14(20)17-12-4-3-8(15)5-11(12)13(18)19/h3-5,9-10H,2,6-7H2,1H3,(H,18,19)(H2,16,17,20). The third-order valence-corrected chi connectivity index (χ3v) is 3.79. The Morgan fingerprint density at radius 2 is 2.14 bits per heavy atom. The number of halogens is 1. The highest BCUT2D eigenvalue weighted by Gasteiger charge is 2.30. The van der Waals surface area contributed by atoms with Crippen LogP contribution in [0.3, 0.4) is 0 Å². The van der Waals surface area contributed by atoms with Crippen molar-refractivity contribution in [2.45, 2.75) is 31.9 Å². The van der Waals surface area contributed by atoms with Crippen LogP contribution in [0.5, 0.6) is 0 Å². The van der Waals surface area contributed by atoms with E-state index < -0.39 is 12.0 Å². The zero-order chi connectivity index (χ0) is 15.4. The van der Waals surface area contributed by atoms with E-state index in [0.29, 0.717) is 11.1 Å². The van der Waals surface area contributed by atoms with Crippen molar-refractivity contribution in [1.29, 1.82) is 0 Å². The first-order chi connectivity index (χ1) is 9.99. The minimum Gasteiger partial charge on any atom is -0.478 e. The molecule has 0 radical (unpaired) electrons. The fourth-order valence-electron chi connectivity index (χ4n) is 2.20. The zero-order valence-electron chi connectivity index (χ0n) is 11.6. The van der Waals surface area contributed by atoms with Crippen LogP contribution in [0.15, 0.2) is 22.7 Å². The van der Waals surface area contributed by atoms with E-state index in [1.807, 2.05) is 6.92 Å². The lowest BCUT2D eigenvalue weighted by atomic mass is 9.89. The summed E-state index contributed by atoms with van der Waals surface area (Å²) in [6.07, 6.45) is 1.78. The van der Waals surface area contributed by atoms with Crippen molar-refractivity contribution >= 4 is 33.6 Å². The Balaban J connectivity index is 1.90. The number of carbonyl (C=O) groups excluding carboxylic acids is 1. The van der Waals surface area contributed by atoms with E-state index in [9.17, 15) is 9.59 Å². The Morgan fingerprint density at radius 3 is 2.76 bits per heavy atom. The SMILES string of the molecule is CCOC1CC(NC(=O)Nc2ccc(Br)cc2C(=O)O)C1. The zero-order valence-corrected chi connectivity index (χ0v) is 13.1. The fraction of sp³-hybridized carbons (Fsp3) is 0.429. The summed E-state index contributed by atoms with van der Waals surface area (Å²) in [7, 11) is 0. The van der Waals surface area contributed by atoms with Gasteiger partial charge in [-0.05, 0) is 38.0 Å². The minimum atomic E-state index is -1.09. The maximum Gasteiger partial charge on any atom is 0.337 e. The van der Waals surface area contributed by atoms with Gasteiger partial charge in [-0.15, -0.1) is 0 Å². The Hall–Kier alpha value is -1.60. The Labute approximate surface area is 131 Å². The quantitative estimate of drug-likeness (QED) is 0.756. The van der Waals surface area contributed by atoms with Crippen LogP contribution < -0.4 is 10.6 Å². The highest BCUT2D eigenvalue weighted by molar-refractivity contribution is 9.10. The average Bonchev–Trinajstić information content (AvgIpc) is 2.38. The van der Waals surface area contributed by atoms with E-state index in [0.717, 1.165) is 12.8 Å². The Bertz CT molecular complexity index is 544. The second-order valence-electron chi connectivity index (χ2n) is 4.84. The molecule has 0 saturated heterocycles. The molecule has 2 rings (SSSR count). The van der Waals surface area contributed by atoms with E-state index in [4.69, 9.17) is 9.84 Å². The smallest absolute Gasteiger partial charge is 0.337 e. The van der Waals surface area contributed by atoms with Crippen LogP contribution in [-0.2, 0) is 4.74 Å². The predicted octanol–water partition coefficient (Wildman–Crippen LogP) is 2.84. The van der Waals surface area contributed by atoms with Gasteiger partial charge < -0.3 is 20.5 Å². The van der Waals surface area contributed by atoms with Gasteiger partial charge in [-0.3, -0.25) is 0 Å². The van der Waals surface area contributed by atoms with Gasteiger partial charge in [-0.25, -0.2) is 9.59 Å².